The number of hydrogen-bond acceptors (Lipinski definition) is 0. The molecule has 6 rings (SSSR count). The number of aryl methyl sites for hydroxylation is 1. The number of rotatable bonds is 5. The quantitative estimate of drug-likeness (QED) is 0.234. The second-order valence-corrected chi connectivity index (χ2v) is 9.56. The molecule has 0 atom stereocenters. The standard InChI is InChI=1S/C37H28/c1-27-10-5-13-29(22-27)31-15-7-17-33(24-31)35-19-9-21-37(26-35)36-20-8-18-34(25-36)32-16-6-14-30(23-32)28-11-3-2-4-12-28/h2-26H,1H3. The van der Waals surface area contributed by atoms with Crippen LogP contribution >= 0.6 is 0 Å². The first-order chi connectivity index (χ1) is 18.2. The highest BCUT2D eigenvalue weighted by atomic mass is 14.1. The molecule has 0 N–H and O–H groups in total. The monoisotopic (exact) mass is 472 g/mol. The molecule has 0 saturated carbocycles. The molecule has 0 fully saturated rings. The van der Waals surface area contributed by atoms with Crippen LogP contribution in [0.1, 0.15) is 5.56 Å². The summed E-state index contributed by atoms with van der Waals surface area (Å²) in [7, 11) is 0. The van der Waals surface area contributed by atoms with E-state index in [9.17, 15) is 0 Å². The number of hydrogen-bond donors (Lipinski definition) is 0. The largest absolute Gasteiger partial charge is 0.0622 e. The SMILES string of the molecule is Cc1cccc(-c2cccc(-c3cccc(-c4cccc(-c5cccc(-c6ccccc6)c5)c4)c3)c2)c1. The Balaban J connectivity index is 1.33. The lowest BCUT2D eigenvalue weighted by molar-refractivity contribution is 1.47. The molecule has 0 unspecified atom stereocenters. The van der Waals surface area contributed by atoms with Crippen molar-refractivity contribution in [3.05, 3.63) is 157 Å². The average Bonchev–Trinajstić information content (AvgIpc) is 2.98. The Hall–Kier alpha value is -4.68. The minimum Gasteiger partial charge on any atom is -0.0622 e. The van der Waals surface area contributed by atoms with Crippen LogP contribution in [0.5, 0.6) is 0 Å². The van der Waals surface area contributed by atoms with Gasteiger partial charge >= 0.3 is 0 Å². The molecule has 0 radical (unpaired) electrons. The van der Waals surface area contributed by atoms with Crippen molar-refractivity contribution in [2.24, 2.45) is 0 Å². The third-order valence-electron chi connectivity index (χ3n) is 6.91. The maximum absolute atomic E-state index is 2.30. The summed E-state index contributed by atoms with van der Waals surface area (Å²) in [6.07, 6.45) is 0. The van der Waals surface area contributed by atoms with E-state index in [1.54, 1.807) is 0 Å². The zero-order valence-electron chi connectivity index (χ0n) is 20.9. The summed E-state index contributed by atoms with van der Waals surface area (Å²) >= 11 is 0. The predicted molar refractivity (Wildman–Crippen MR) is 158 cm³/mol. The van der Waals surface area contributed by atoms with Gasteiger partial charge in [0.1, 0.15) is 0 Å². The summed E-state index contributed by atoms with van der Waals surface area (Å²) in [5, 5.41) is 0. The molecule has 37 heavy (non-hydrogen) atoms. The van der Waals surface area contributed by atoms with Crippen LogP contribution in [0.2, 0.25) is 0 Å². The Morgan fingerprint density at radius 3 is 0.865 bits per heavy atom. The molecule has 0 saturated heterocycles. The van der Waals surface area contributed by atoms with Crippen molar-refractivity contribution in [2.75, 3.05) is 0 Å². The molecule has 0 heterocycles. The Labute approximate surface area is 219 Å². The van der Waals surface area contributed by atoms with Gasteiger partial charge in [-0.1, -0.05) is 133 Å². The van der Waals surface area contributed by atoms with E-state index in [2.05, 4.69) is 159 Å². The van der Waals surface area contributed by atoms with Gasteiger partial charge in [0, 0.05) is 0 Å². The van der Waals surface area contributed by atoms with Gasteiger partial charge < -0.3 is 0 Å². The topological polar surface area (TPSA) is 0 Å². The van der Waals surface area contributed by atoms with Gasteiger partial charge in [-0.25, -0.2) is 0 Å². The summed E-state index contributed by atoms with van der Waals surface area (Å²) in [6.45, 7) is 2.14. The van der Waals surface area contributed by atoms with Crippen LogP contribution in [0.3, 0.4) is 0 Å². The van der Waals surface area contributed by atoms with E-state index in [0.29, 0.717) is 0 Å². The van der Waals surface area contributed by atoms with Crippen molar-refractivity contribution in [2.45, 2.75) is 6.92 Å². The zero-order chi connectivity index (χ0) is 25.0. The first-order valence-electron chi connectivity index (χ1n) is 12.8. The maximum Gasteiger partial charge on any atom is -0.0178 e. The van der Waals surface area contributed by atoms with Crippen LogP contribution < -0.4 is 0 Å². The lowest BCUT2D eigenvalue weighted by Crippen LogP contribution is -1.85. The fourth-order valence-electron chi connectivity index (χ4n) is 4.97. The Morgan fingerprint density at radius 1 is 0.243 bits per heavy atom. The minimum atomic E-state index is 1.22. The number of benzene rings is 6. The van der Waals surface area contributed by atoms with Crippen molar-refractivity contribution in [1.29, 1.82) is 0 Å². The second kappa shape index (κ2) is 10.1. The van der Waals surface area contributed by atoms with Crippen LogP contribution in [-0.4, -0.2) is 0 Å². The molecule has 0 aromatic heterocycles. The van der Waals surface area contributed by atoms with Gasteiger partial charge in [-0.3, -0.25) is 0 Å². The molecular weight excluding hydrogens is 444 g/mol. The second-order valence-electron chi connectivity index (χ2n) is 9.56. The van der Waals surface area contributed by atoms with Gasteiger partial charge in [-0.2, -0.15) is 0 Å². The van der Waals surface area contributed by atoms with E-state index in [-0.39, 0.29) is 0 Å². The van der Waals surface area contributed by atoms with Crippen LogP contribution in [0.4, 0.5) is 0 Å². The summed E-state index contributed by atoms with van der Waals surface area (Å²) in [5.74, 6) is 0. The molecule has 0 heteroatoms. The molecule has 0 nitrogen and oxygen atoms in total. The summed E-state index contributed by atoms with van der Waals surface area (Å²) in [6, 6.07) is 54.6. The van der Waals surface area contributed by atoms with Crippen LogP contribution in [0.15, 0.2) is 152 Å². The Bertz CT molecular complexity index is 1670. The normalized spacial score (nSPS) is 10.8. The third kappa shape index (κ3) is 5.01. The predicted octanol–water partition coefficient (Wildman–Crippen LogP) is 10.3. The lowest BCUT2D eigenvalue weighted by atomic mass is 9.94. The Kier molecular flexibility index (Phi) is 6.23. The molecule has 0 bridgehead atoms. The van der Waals surface area contributed by atoms with E-state index in [1.807, 2.05) is 0 Å². The summed E-state index contributed by atoms with van der Waals surface area (Å²) in [5.41, 5.74) is 13.6. The molecule has 6 aromatic rings. The van der Waals surface area contributed by atoms with Crippen molar-refractivity contribution < 1.29 is 0 Å². The van der Waals surface area contributed by atoms with E-state index < -0.39 is 0 Å². The van der Waals surface area contributed by atoms with Gasteiger partial charge in [0.25, 0.3) is 0 Å². The van der Waals surface area contributed by atoms with Crippen molar-refractivity contribution in [3.63, 3.8) is 0 Å². The summed E-state index contributed by atoms with van der Waals surface area (Å²) in [4.78, 5) is 0. The van der Waals surface area contributed by atoms with Gasteiger partial charge in [-0.05, 0) is 86.8 Å². The molecule has 176 valence electrons. The summed E-state index contributed by atoms with van der Waals surface area (Å²) < 4.78 is 0. The highest BCUT2D eigenvalue weighted by molar-refractivity contribution is 5.80. The van der Waals surface area contributed by atoms with Gasteiger partial charge in [0.15, 0.2) is 0 Å². The van der Waals surface area contributed by atoms with Gasteiger partial charge in [0.05, 0.1) is 0 Å². The molecule has 0 amide bonds. The maximum atomic E-state index is 2.30. The van der Waals surface area contributed by atoms with E-state index in [1.165, 1.54) is 61.2 Å². The Morgan fingerprint density at radius 2 is 0.514 bits per heavy atom. The van der Waals surface area contributed by atoms with Crippen molar-refractivity contribution in [1.82, 2.24) is 0 Å². The van der Waals surface area contributed by atoms with Crippen molar-refractivity contribution >= 4 is 0 Å². The first-order valence-corrected chi connectivity index (χ1v) is 12.8. The highest BCUT2D eigenvalue weighted by Gasteiger charge is 2.07. The first kappa shape index (κ1) is 22.8. The van der Waals surface area contributed by atoms with Crippen molar-refractivity contribution in [3.8, 4) is 55.6 Å². The lowest BCUT2D eigenvalue weighted by Gasteiger charge is -2.11. The van der Waals surface area contributed by atoms with E-state index >= 15 is 0 Å². The van der Waals surface area contributed by atoms with Crippen LogP contribution in [-0.2, 0) is 0 Å². The fraction of sp³-hybridized carbons (Fsp3) is 0.0270. The van der Waals surface area contributed by atoms with E-state index in [4.69, 9.17) is 0 Å². The highest BCUT2D eigenvalue weighted by Crippen LogP contribution is 2.32. The average molecular weight is 473 g/mol. The van der Waals surface area contributed by atoms with Gasteiger partial charge in [0.2, 0.25) is 0 Å². The molecule has 6 aromatic carbocycles. The molecule has 0 spiro atoms. The molecular formula is C37H28. The molecule has 0 aliphatic heterocycles. The van der Waals surface area contributed by atoms with Crippen LogP contribution in [0, 0.1) is 6.92 Å². The molecule has 0 aliphatic rings. The smallest absolute Gasteiger partial charge is 0.0178 e. The van der Waals surface area contributed by atoms with Crippen LogP contribution in [0.25, 0.3) is 55.6 Å². The zero-order valence-corrected chi connectivity index (χ0v) is 20.9. The van der Waals surface area contributed by atoms with E-state index in [0.717, 1.165) is 0 Å². The minimum absolute atomic E-state index is 1.22. The fourth-order valence-corrected chi connectivity index (χ4v) is 4.97. The molecule has 0 aliphatic carbocycles. The third-order valence-corrected chi connectivity index (χ3v) is 6.91. The van der Waals surface area contributed by atoms with Gasteiger partial charge in [-0.15, -0.1) is 0 Å².